The number of carbonyl (C=O) groups is 3. The molecule has 8 heteroatoms. The highest BCUT2D eigenvalue weighted by Crippen LogP contribution is 2.44. The van der Waals surface area contributed by atoms with E-state index in [9.17, 15) is 14.4 Å². The molecule has 0 aliphatic heterocycles. The van der Waals surface area contributed by atoms with Gasteiger partial charge < -0.3 is 15.2 Å². The molecule has 1 fully saturated rings. The lowest BCUT2D eigenvalue weighted by atomic mass is 9.98. The quantitative estimate of drug-likeness (QED) is 0.368. The number of anilines is 1. The summed E-state index contributed by atoms with van der Waals surface area (Å²) in [6.45, 7) is 0.179. The van der Waals surface area contributed by atoms with Crippen molar-refractivity contribution < 1.29 is 24.2 Å². The van der Waals surface area contributed by atoms with E-state index in [4.69, 9.17) is 9.84 Å². The van der Waals surface area contributed by atoms with Crippen molar-refractivity contribution in [1.29, 1.82) is 0 Å². The number of aliphatic carboxylic acids is 1. The standard InChI is InChI=1S/C27H23BrN2O5/c28-17-11-16(25(33)30-27(9-10-27)14-24(31)32)12-18(13-17)29-26(34)35-15-23-21-7-3-1-5-19(21)20-6-2-4-8-22(20)23/h1-8,11-13,23H,9-10,14-15H2,(H,29,34)(H,30,33)(H,31,32). The average Bonchev–Trinajstić information content (AvgIpc) is 3.48. The molecule has 3 aromatic rings. The smallest absolute Gasteiger partial charge is 0.411 e. The predicted molar refractivity (Wildman–Crippen MR) is 135 cm³/mol. The van der Waals surface area contributed by atoms with Gasteiger partial charge >= 0.3 is 12.1 Å². The summed E-state index contributed by atoms with van der Waals surface area (Å²) in [6.07, 6.45) is 0.520. The van der Waals surface area contributed by atoms with E-state index in [1.54, 1.807) is 18.2 Å². The van der Waals surface area contributed by atoms with Gasteiger partial charge in [0.25, 0.3) is 5.91 Å². The maximum absolute atomic E-state index is 12.7. The number of carboxylic acids is 1. The van der Waals surface area contributed by atoms with E-state index in [0.29, 0.717) is 28.6 Å². The molecule has 0 unspecified atom stereocenters. The van der Waals surface area contributed by atoms with E-state index in [1.807, 2.05) is 24.3 Å². The van der Waals surface area contributed by atoms with Gasteiger partial charge in [0.05, 0.1) is 12.0 Å². The van der Waals surface area contributed by atoms with Crippen LogP contribution in [0.25, 0.3) is 11.1 Å². The normalized spacial score (nSPS) is 15.0. The van der Waals surface area contributed by atoms with E-state index in [2.05, 4.69) is 50.8 Å². The summed E-state index contributed by atoms with van der Waals surface area (Å²) < 4.78 is 6.19. The largest absolute Gasteiger partial charge is 0.481 e. The van der Waals surface area contributed by atoms with Crippen LogP contribution >= 0.6 is 15.9 Å². The number of fused-ring (bicyclic) bond motifs is 3. The zero-order chi connectivity index (χ0) is 24.6. The molecule has 0 spiro atoms. The number of carbonyl (C=O) groups excluding carboxylic acids is 2. The van der Waals surface area contributed by atoms with Gasteiger partial charge in [0, 0.05) is 21.6 Å². The Morgan fingerprint density at radius 3 is 2.20 bits per heavy atom. The lowest BCUT2D eigenvalue weighted by Crippen LogP contribution is -2.38. The van der Waals surface area contributed by atoms with Gasteiger partial charge in [-0.25, -0.2) is 4.79 Å². The summed E-state index contributed by atoms with van der Waals surface area (Å²) in [4.78, 5) is 36.4. The molecule has 2 aliphatic rings. The molecule has 35 heavy (non-hydrogen) atoms. The summed E-state index contributed by atoms with van der Waals surface area (Å²) in [5, 5.41) is 14.6. The number of benzene rings is 3. The number of nitrogens with one attached hydrogen (secondary N) is 2. The fourth-order valence-electron chi connectivity index (χ4n) is 4.64. The Morgan fingerprint density at radius 1 is 0.971 bits per heavy atom. The number of ether oxygens (including phenoxy) is 1. The molecule has 0 saturated heterocycles. The van der Waals surface area contributed by atoms with Crippen LogP contribution in [0.15, 0.2) is 71.2 Å². The van der Waals surface area contributed by atoms with Crippen LogP contribution in [0, 0.1) is 0 Å². The lowest BCUT2D eigenvalue weighted by Gasteiger charge is -2.16. The van der Waals surface area contributed by atoms with E-state index in [1.165, 1.54) is 0 Å². The first kappa shape index (κ1) is 23.1. The Morgan fingerprint density at radius 2 is 1.60 bits per heavy atom. The number of rotatable bonds is 7. The third-order valence-electron chi connectivity index (χ3n) is 6.47. The lowest BCUT2D eigenvalue weighted by molar-refractivity contribution is -0.137. The highest BCUT2D eigenvalue weighted by molar-refractivity contribution is 9.10. The number of hydrogen-bond donors (Lipinski definition) is 3. The van der Waals surface area contributed by atoms with Gasteiger partial charge in [-0.2, -0.15) is 0 Å². The molecule has 7 nitrogen and oxygen atoms in total. The molecular formula is C27H23BrN2O5. The number of amides is 2. The van der Waals surface area contributed by atoms with Crippen LogP contribution < -0.4 is 10.6 Å². The molecule has 0 atom stereocenters. The molecule has 1 saturated carbocycles. The van der Waals surface area contributed by atoms with Crippen LogP contribution in [0.3, 0.4) is 0 Å². The monoisotopic (exact) mass is 534 g/mol. The number of halogens is 1. The van der Waals surface area contributed by atoms with Crippen molar-refractivity contribution in [3.05, 3.63) is 87.9 Å². The predicted octanol–water partition coefficient (Wildman–Crippen LogP) is 5.55. The third kappa shape index (κ3) is 4.93. The van der Waals surface area contributed by atoms with Crippen LogP contribution in [0.2, 0.25) is 0 Å². The Labute approximate surface area is 210 Å². The fourth-order valence-corrected chi connectivity index (χ4v) is 5.14. The molecular weight excluding hydrogens is 512 g/mol. The van der Waals surface area contributed by atoms with E-state index >= 15 is 0 Å². The first-order chi connectivity index (χ1) is 16.8. The fraction of sp³-hybridized carbons (Fsp3) is 0.222. The second-order valence-electron chi connectivity index (χ2n) is 8.98. The summed E-state index contributed by atoms with van der Waals surface area (Å²) in [6, 6.07) is 21.0. The van der Waals surface area contributed by atoms with Crippen molar-refractivity contribution in [3.8, 4) is 11.1 Å². The van der Waals surface area contributed by atoms with Crippen molar-refractivity contribution in [2.75, 3.05) is 11.9 Å². The van der Waals surface area contributed by atoms with E-state index in [-0.39, 0.29) is 24.9 Å². The molecule has 0 bridgehead atoms. The Kier molecular flexibility index (Phi) is 6.06. The van der Waals surface area contributed by atoms with Gasteiger partial charge in [0.15, 0.2) is 0 Å². The molecule has 0 heterocycles. The van der Waals surface area contributed by atoms with Gasteiger partial charge in [-0.15, -0.1) is 0 Å². The average molecular weight is 535 g/mol. The summed E-state index contributed by atoms with van der Waals surface area (Å²) >= 11 is 3.37. The zero-order valence-corrected chi connectivity index (χ0v) is 20.3. The minimum atomic E-state index is -0.949. The Bertz CT molecular complexity index is 1290. The molecule has 3 N–H and O–H groups in total. The van der Waals surface area contributed by atoms with Crippen LogP contribution in [-0.4, -0.2) is 35.2 Å². The maximum Gasteiger partial charge on any atom is 0.411 e. The van der Waals surface area contributed by atoms with Gasteiger partial charge in [0.2, 0.25) is 0 Å². The second kappa shape index (κ2) is 9.19. The van der Waals surface area contributed by atoms with Crippen LogP contribution in [0.5, 0.6) is 0 Å². The molecule has 3 aromatic carbocycles. The van der Waals surface area contributed by atoms with Crippen molar-refractivity contribution in [2.24, 2.45) is 0 Å². The van der Waals surface area contributed by atoms with Gasteiger partial charge in [-0.05, 0) is 53.3 Å². The highest BCUT2D eigenvalue weighted by atomic mass is 79.9. The molecule has 0 aromatic heterocycles. The highest BCUT2D eigenvalue weighted by Gasteiger charge is 2.46. The SMILES string of the molecule is O=C(O)CC1(NC(=O)c2cc(Br)cc(NC(=O)OCC3c4ccccc4-c4ccccc43)c2)CC1. The van der Waals surface area contributed by atoms with Crippen LogP contribution in [0.4, 0.5) is 10.5 Å². The van der Waals surface area contributed by atoms with Gasteiger partial charge in [0.1, 0.15) is 6.61 Å². The molecule has 178 valence electrons. The van der Waals surface area contributed by atoms with Crippen molar-refractivity contribution in [2.45, 2.75) is 30.7 Å². The number of hydrogen-bond acceptors (Lipinski definition) is 4. The van der Waals surface area contributed by atoms with E-state index < -0.39 is 17.6 Å². The maximum atomic E-state index is 12.7. The number of carboxylic acid groups (broad SMARTS) is 1. The minimum Gasteiger partial charge on any atom is -0.481 e. The first-order valence-electron chi connectivity index (χ1n) is 11.3. The van der Waals surface area contributed by atoms with Crippen LogP contribution in [0.1, 0.15) is 46.7 Å². The van der Waals surface area contributed by atoms with Gasteiger partial charge in [-0.1, -0.05) is 64.5 Å². The molecule has 5 rings (SSSR count). The minimum absolute atomic E-state index is 0.0547. The first-order valence-corrected chi connectivity index (χ1v) is 12.1. The summed E-state index contributed by atoms with van der Waals surface area (Å²) in [5.74, 6) is -1.39. The van der Waals surface area contributed by atoms with Crippen LogP contribution in [-0.2, 0) is 9.53 Å². The summed E-state index contributed by atoms with van der Waals surface area (Å²) in [5.41, 5.74) is 4.56. The molecule has 2 aliphatic carbocycles. The zero-order valence-electron chi connectivity index (χ0n) is 18.7. The Hall–Kier alpha value is -3.65. The van der Waals surface area contributed by atoms with Gasteiger partial charge in [-0.3, -0.25) is 14.9 Å². The third-order valence-corrected chi connectivity index (χ3v) is 6.93. The molecule has 0 radical (unpaired) electrons. The second-order valence-corrected chi connectivity index (χ2v) is 9.90. The Balaban J connectivity index is 1.25. The van der Waals surface area contributed by atoms with Crippen molar-refractivity contribution >= 4 is 39.6 Å². The molecule has 2 amide bonds. The van der Waals surface area contributed by atoms with E-state index in [0.717, 1.165) is 22.3 Å². The van der Waals surface area contributed by atoms with Crippen molar-refractivity contribution in [1.82, 2.24) is 5.32 Å². The summed E-state index contributed by atoms with van der Waals surface area (Å²) in [7, 11) is 0. The van der Waals surface area contributed by atoms with Crippen molar-refractivity contribution in [3.63, 3.8) is 0 Å². The topological polar surface area (TPSA) is 105 Å².